The monoisotopic (exact) mass is 275 g/mol. The van der Waals surface area contributed by atoms with Gasteiger partial charge >= 0.3 is 0 Å². The standard InChI is InChI=1S/C13H19Cl2NO/c1-9(8-17-3)7-16-10(2)11-5-4-6-12(14)13(11)15/h4-6,9-10,16H,7-8H2,1-3H3. The quantitative estimate of drug-likeness (QED) is 0.850. The summed E-state index contributed by atoms with van der Waals surface area (Å²) in [6, 6.07) is 5.89. The van der Waals surface area contributed by atoms with Crippen LogP contribution in [0, 0.1) is 5.92 Å². The molecule has 0 saturated heterocycles. The summed E-state index contributed by atoms with van der Waals surface area (Å²) in [6.07, 6.45) is 0. The Hall–Kier alpha value is -0.280. The Morgan fingerprint density at radius 1 is 1.29 bits per heavy atom. The van der Waals surface area contributed by atoms with Crippen LogP contribution in [-0.4, -0.2) is 20.3 Å². The molecule has 1 aromatic carbocycles. The molecule has 0 radical (unpaired) electrons. The molecule has 1 rings (SSSR count). The van der Waals surface area contributed by atoms with Crippen molar-refractivity contribution in [3.8, 4) is 0 Å². The second-order valence-corrected chi connectivity index (χ2v) is 5.12. The summed E-state index contributed by atoms with van der Waals surface area (Å²) in [5.41, 5.74) is 1.03. The number of nitrogens with one attached hydrogen (secondary N) is 1. The molecule has 1 N–H and O–H groups in total. The van der Waals surface area contributed by atoms with Crippen LogP contribution in [0.4, 0.5) is 0 Å². The fourth-order valence-corrected chi connectivity index (χ4v) is 2.16. The summed E-state index contributed by atoms with van der Waals surface area (Å²) >= 11 is 12.2. The van der Waals surface area contributed by atoms with E-state index in [1.54, 1.807) is 13.2 Å². The minimum atomic E-state index is 0.181. The lowest BCUT2D eigenvalue weighted by atomic mass is 10.1. The smallest absolute Gasteiger partial charge is 0.0639 e. The molecule has 0 heterocycles. The highest BCUT2D eigenvalue weighted by Gasteiger charge is 2.12. The molecule has 0 fully saturated rings. The molecule has 96 valence electrons. The SMILES string of the molecule is COCC(C)CNC(C)c1cccc(Cl)c1Cl. The number of methoxy groups -OCH3 is 1. The lowest BCUT2D eigenvalue weighted by Gasteiger charge is -2.19. The molecule has 0 aliphatic rings. The van der Waals surface area contributed by atoms with Crippen molar-refractivity contribution in [3.63, 3.8) is 0 Å². The summed E-state index contributed by atoms with van der Waals surface area (Å²) in [6.45, 7) is 5.86. The highest BCUT2D eigenvalue weighted by molar-refractivity contribution is 6.42. The average Bonchev–Trinajstić information content (AvgIpc) is 2.30. The summed E-state index contributed by atoms with van der Waals surface area (Å²) in [5.74, 6) is 0.473. The predicted octanol–water partition coefficient (Wildman–Crippen LogP) is 3.93. The maximum Gasteiger partial charge on any atom is 0.0639 e. The molecule has 0 bridgehead atoms. The van der Waals surface area contributed by atoms with Gasteiger partial charge in [-0.25, -0.2) is 0 Å². The van der Waals surface area contributed by atoms with Gasteiger partial charge in [-0.3, -0.25) is 0 Å². The van der Waals surface area contributed by atoms with Crippen molar-refractivity contribution in [2.75, 3.05) is 20.3 Å². The van der Waals surface area contributed by atoms with Gasteiger partial charge in [0, 0.05) is 26.3 Å². The van der Waals surface area contributed by atoms with Crippen molar-refractivity contribution in [2.45, 2.75) is 19.9 Å². The van der Waals surface area contributed by atoms with Gasteiger partial charge < -0.3 is 10.1 Å². The first-order valence-electron chi connectivity index (χ1n) is 5.72. The Morgan fingerprint density at radius 3 is 2.65 bits per heavy atom. The van der Waals surface area contributed by atoms with Crippen LogP contribution in [0.25, 0.3) is 0 Å². The van der Waals surface area contributed by atoms with Gasteiger partial charge in [-0.05, 0) is 24.5 Å². The molecule has 2 unspecified atom stereocenters. The van der Waals surface area contributed by atoms with Gasteiger partial charge in [0.15, 0.2) is 0 Å². The summed E-state index contributed by atoms with van der Waals surface area (Å²) in [4.78, 5) is 0. The van der Waals surface area contributed by atoms with Crippen LogP contribution in [0.2, 0.25) is 10.0 Å². The summed E-state index contributed by atoms with van der Waals surface area (Å²) in [5, 5.41) is 4.66. The second kappa shape index (κ2) is 7.22. The maximum absolute atomic E-state index is 6.17. The van der Waals surface area contributed by atoms with Gasteiger partial charge in [-0.1, -0.05) is 42.3 Å². The van der Waals surface area contributed by atoms with Gasteiger partial charge in [-0.2, -0.15) is 0 Å². The Labute approximate surface area is 113 Å². The average molecular weight is 276 g/mol. The Kier molecular flexibility index (Phi) is 6.28. The third-order valence-corrected chi connectivity index (χ3v) is 3.51. The number of hydrogen-bond acceptors (Lipinski definition) is 2. The number of halogens is 2. The van der Waals surface area contributed by atoms with E-state index in [2.05, 4.69) is 19.2 Å². The van der Waals surface area contributed by atoms with Gasteiger partial charge in [0.1, 0.15) is 0 Å². The molecule has 0 aromatic heterocycles. The van der Waals surface area contributed by atoms with Crippen LogP contribution >= 0.6 is 23.2 Å². The Morgan fingerprint density at radius 2 is 2.00 bits per heavy atom. The number of rotatable bonds is 6. The number of ether oxygens (including phenoxy) is 1. The zero-order chi connectivity index (χ0) is 12.8. The lowest BCUT2D eigenvalue weighted by molar-refractivity contribution is 0.157. The van der Waals surface area contributed by atoms with E-state index in [0.29, 0.717) is 16.0 Å². The van der Waals surface area contributed by atoms with E-state index in [9.17, 15) is 0 Å². The fraction of sp³-hybridized carbons (Fsp3) is 0.538. The van der Waals surface area contributed by atoms with Crippen molar-refractivity contribution in [3.05, 3.63) is 33.8 Å². The molecule has 0 aliphatic carbocycles. The van der Waals surface area contributed by atoms with E-state index in [0.717, 1.165) is 18.7 Å². The van der Waals surface area contributed by atoms with E-state index < -0.39 is 0 Å². The van der Waals surface area contributed by atoms with Crippen molar-refractivity contribution >= 4 is 23.2 Å². The van der Waals surface area contributed by atoms with Gasteiger partial charge in [0.05, 0.1) is 10.0 Å². The Bertz CT molecular complexity index is 357. The minimum Gasteiger partial charge on any atom is -0.384 e. The van der Waals surface area contributed by atoms with E-state index >= 15 is 0 Å². The van der Waals surface area contributed by atoms with Crippen LogP contribution < -0.4 is 5.32 Å². The van der Waals surface area contributed by atoms with Crippen molar-refractivity contribution < 1.29 is 4.74 Å². The highest BCUT2D eigenvalue weighted by Crippen LogP contribution is 2.29. The molecule has 2 atom stereocenters. The topological polar surface area (TPSA) is 21.3 Å². The molecule has 4 heteroatoms. The molecule has 0 aliphatic heterocycles. The van der Waals surface area contributed by atoms with Crippen LogP contribution in [-0.2, 0) is 4.74 Å². The molecule has 1 aromatic rings. The van der Waals surface area contributed by atoms with Crippen molar-refractivity contribution in [1.29, 1.82) is 0 Å². The van der Waals surface area contributed by atoms with Crippen molar-refractivity contribution in [2.24, 2.45) is 5.92 Å². The lowest BCUT2D eigenvalue weighted by Crippen LogP contribution is -2.26. The summed E-state index contributed by atoms with van der Waals surface area (Å²) < 4.78 is 5.10. The van der Waals surface area contributed by atoms with Crippen LogP contribution in [0.5, 0.6) is 0 Å². The largest absolute Gasteiger partial charge is 0.384 e. The normalized spacial score (nSPS) is 14.6. The molecule has 0 saturated carbocycles. The molecule has 2 nitrogen and oxygen atoms in total. The molecule has 17 heavy (non-hydrogen) atoms. The molecule has 0 spiro atoms. The number of hydrogen-bond donors (Lipinski definition) is 1. The number of benzene rings is 1. The minimum absolute atomic E-state index is 0.181. The molecular formula is C13H19Cl2NO. The third kappa shape index (κ3) is 4.47. The van der Waals surface area contributed by atoms with E-state index in [4.69, 9.17) is 27.9 Å². The molecular weight excluding hydrogens is 257 g/mol. The first kappa shape index (κ1) is 14.8. The zero-order valence-corrected chi connectivity index (χ0v) is 12.0. The first-order valence-corrected chi connectivity index (χ1v) is 6.48. The molecule has 0 amide bonds. The van der Waals surface area contributed by atoms with E-state index in [1.807, 2.05) is 12.1 Å². The van der Waals surface area contributed by atoms with E-state index in [1.165, 1.54) is 0 Å². The summed E-state index contributed by atoms with van der Waals surface area (Å²) in [7, 11) is 1.72. The van der Waals surface area contributed by atoms with Crippen molar-refractivity contribution in [1.82, 2.24) is 5.32 Å². The van der Waals surface area contributed by atoms with E-state index in [-0.39, 0.29) is 6.04 Å². The maximum atomic E-state index is 6.17. The first-order chi connectivity index (χ1) is 8.06. The second-order valence-electron chi connectivity index (χ2n) is 4.33. The van der Waals surface area contributed by atoms with Gasteiger partial charge in [-0.15, -0.1) is 0 Å². The zero-order valence-electron chi connectivity index (χ0n) is 10.5. The Balaban J connectivity index is 2.58. The predicted molar refractivity (Wildman–Crippen MR) is 73.9 cm³/mol. The highest BCUT2D eigenvalue weighted by atomic mass is 35.5. The van der Waals surface area contributed by atoms with Crippen LogP contribution in [0.1, 0.15) is 25.5 Å². The van der Waals surface area contributed by atoms with Gasteiger partial charge in [0.25, 0.3) is 0 Å². The van der Waals surface area contributed by atoms with Crippen LogP contribution in [0.3, 0.4) is 0 Å². The van der Waals surface area contributed by atoms with Gasteiger partial charge in [0.2, 0.25) is 0 Å². The fourth-order valence-electron chi connectivity index (χ4n) is 1.69. The van der Waals surface area contributed by atoms with Crippen LogP contribution in [0.15, 0.2) is 18.2 Å². The third-order valence-electron chi connectivity index (χ3n) is 2.67.